The van der Waals surface area contributed by atoms with Crippen LogP contribution < -0.4 is 37.9 Å². The smallest absolute Gasteiger partial charge is 0.410 e. The maximum atomic E-state index is 12.9. The average molecular weight is 1780 g/mol. The molecule has 0 saturated heterocycles. The van der Waals surface area contributed by atoms with Gasteiger partial charge in [-0.15, -0.1) is 0 Å². The number of nitrogens with zero attached hydrogens (tertiary/aromatic N) is 9. The van der Waals surface area contributed by atoms with Crippen molar-refractivity contribution in [3.8, 4) is 69.3 Å². The second kappa shape index (κ2) is 45.8. The summed E-state index contributed by atoms with van der Waals surface area (Å²) in [6.07, 6.45) is 11.9. The van der Waals surface area contributed by atoms with Crippen LogP contribution in [0.5, 0.6) is 58.0 Å². The third kappa shape index (κ3) is 29.4. The van der Waals surface area contributed by atoms with Gasteiger partial charge in [0.25, 0.3) is 35.4 Å². The number of carbonyl (C=O) groups is 3. The van der Waals surface area contributed by atoms with Crippen molar-refractivity contribution < 1.29 is 95.0 Å². The Balaban J connectivity index is 0.000000248. The van der Waals surface area contributed by atoms with E-state index < -0.39 is 17.6 Å². The number of aryl methyl sites for hydroxylation is 1. The number of aromatic nitrogens is 8. The molecular formula is C70H88Br5F2N9O18. The van der Waals surface area contributed by atoms with Crippen molar-refractivity contribution in [2.45, 2.75) is 142 Å². The number of rotatable bonds is 22. The molecule has 104 heavy (non-hydrogen) atoms. The Morgan fingerprint density at radius 3 is 1.41 bits per heavy atom. The summed E-state index contributed by atoms with van der Waals surface area (Å²) in [5, 5.41) is 22.0. The summed E-state index contributed by atoms with van der Waals surface area (Å²) in [6, 6.07) is 20.0. The molecule has 1 unspecified atom stereocenters. The van der Waals surface area contributed by atoms with Gasteiger partial charge < -0.3 is 76.7 Å². The molecule has 3 aliphatic rings. The number of ether oxygens (including phenoxy) is 13. The Bertz CT molecular complexity index is 3810. The van der Waals surface area contributed by atoms with E-state index in [0.29, 0.717) is 76.4 Å². The summed E-state index contributed by atoms with van der Waals surface area (Å²) in [6.45, 7) is 7.73. The largest absolute Gasteiger partial charge is 0.504 e. The lowest BCUT2D eigenvalue weighted by Crippen LogP contribution is -2.35. The van der Waals surface area contributed by atoms with Gasteiger partial charge in [0, 0.05) is 39.9 Å². The van der Waals surface area contributed by atoms with Gasteiger partial charge in [0.2, 0.25) is 0 Å². The summed E-state index contributed by atoms with van der Waals surface area (Å²) in [7, 11) is 12.7. The van der Waals surface area contributed by atoms with Crippen molar-refractivity contribution in [3.05, 3.63) is 120 Å². The number of esters is 2. The van der Waals surface area contributed by atoms with Gasteiger partial charge >= 0.3 is 18.0 Å². The Hall–Kier alpha value is -7.50. The molecule has 3 aliphatic carbocycles. The first-order chi connectivity index (χ1) is 49.7. The molecule has 570 valence electrons. The van der Waals surface area contributed by atoms with Crippen LogP contribution in [0.3, 0.4) is 0 Å². The number of halogens is 7. The topological polar surface area (TPSA) is 310 Å². The minimum absolute atomic E-state index is 0.0141. The highest BCUT2D eigenvalue weighted by atomic mass is 79.9. The summed E-state index contributed by atoms with van der Waals surface area (Å²) < 4.78 is 98.2. The second-order valence-electron chi connectivity index (χ2n) is 23.5. The fraction of sp³-hybridized carbons (Fsp3) is 0.486. The van der Waals surface area contributed by atoms with Crippen LogP contribution >= 0.6 is 79.6 Å². The Morgan fingerprint density at radius 2 is 0.952 bits per heavy atom. The van der Waals surface area contributed by atoms with E-state index in [1.54, 1.807) is 68.4 Å². The van der Waals surface area contributed by atoms with Gasteiger partial charge in [-0.05, 0) is 244 Å². The molecule has 2 N–H and O–H groups in total. The monoisotopic (exact) mass is 1780 g/mol. The Labute approximate surface area is 645 Å². The van der Waals surface area contributed by atoms with Gasteiger partial charge in [0.05, 0.1) is 82.3 Å². The lowest BCUT2D eigenvalue weighted by molar-refractivity contribution is -0.155. The summed E-state index contributed by atoms with van der Waals surface area (Å²) in [5.74, 6) is 0.810. The third-order valence-corrected chi connectivity index (χ3v) is 17.5. The van der Waals surface area contributed by atoms with Crippen LogP contribution in [0.4, 0.5) is 13.6 Å². The Morgan fingerprint density at radius 1 is 0.529 bits per heavy atom. The number of hydrogen-bond donors (Lipinski definition) is 2. The molecule has 27 nitrogen and oxygen atoms in total. The molecule has 7 heterocycles. The first-order valence-corrected chi connectivity index (χ1v) is 36.7. The highest BCUT2D eigenvalue weighted by molar-refractivity contribution is 9.11. The minimum atomic E-state index is -0.857. The quantitative estimate of drug-likeness (QED) is 0.0276. The summed E-state index contributed by atoms with van der Waals surface area (Å²) >= 11 is 15.6. The molecule has 0 bridgehead atoms. The van der Waals surface area contributed by atoms with Crippen LogP contribution in [0.2, 0.25) is 0 Å². The van der Waals surface area contributed by atoms with Gasteiger partial charge in [0.1, 0.15) is 29.6 Å². The van der Waals surface area contributed by atoms with Crippen molar-refractivity contribution in [2.75, 3.05) is 63.3 Å². The van der Waals surface area contributed by atoms with Gasteiger partial charge in [-0.1, -0.05) is 12.8 Å². The SMILES string of the molecule is COCOc1ccc(Br)nc1F.COCOc1ccc(Br)nc1OC.COc1nc(-c2cnn(C)c2COC(=O)N(C)C2CCCC2)ccc1O[C@H]1CCC[C@H](C(=O)OC(C)C)C1.COc1nc(Br)ccc1O.COc1nc(Br)ccc1O[C@H]1CCCC(C(=O)OC(C)C)C1.Oc1ccc(Br)nc1F. The molecule has 10 rings (SSSR count). The fourth-order valence-corrected chi connectivity index (χ4v) is 11.8. The molecule has 34 heteroatoms. The summed E-state index contributed by atoms with van der Waals surface area (Å²) in [4.78, 5) is 62.4. The Kier molecular flexibility index (Phi) is 38.4. The van der Waals surface area contributed by atoms with Crippen LogP contribution in [0, 0.1) is 23.7 Å². The number of carbonyl (C=O) groups excluding carboxylic acids is 3. The van der Waals surface area contributed by atoms with Crippen LogP contribution in [0.1, 0.15) is 110 Å². The molecule has 0 spiro atoms. The van der Waals surface area contributed by atoms with Gasteiger partial charge in [0.15, 0.2) is 48.1 Å². The van der Waals surface area contributed by atoms with Crippen LogP contribution in [-0.2, 0) is 46.9 Å². The fourth-order valence-electron chi connectivity index (χ4n) is 10.3. The maximum absolute atomic E-state index is 12.9. The van der Waals surface area contributed by atoms with Gasteiger partial charge in [-0.25, -0.2) is 34.7 Å². The average Bonchev–Trinajstić information content (AvgIpc) is 1.65. The van der Waals surface area contributed by atoms with Crippen LogP contribution in [-0.4, -0.2) is 167 Å². The number of amides is 1. The normalized spacial score (nSPS) is 15.9. The molecule has 0 radical (unpaired) electrons. The van der Waals surface area contributed by atoms with E-state index in [-0.39, 0.29) is 97.9 Å². The molecule has 0 aromatic carbocycles. The zero-order chi connectivity index (χ0) is 76.4. The third-order valence-electron chi connectivity index (χ3n) is 15.3. The molecule has 3 fully saturated rings. The lowest BCUT2D eigenvalue weighted by atomic mass is 9.87. The van der Waals surface area contributed by atoms with Gasteiger partial charge in [-0.2, -0.15) is 13.9 Å². The number of aromatic hydroxyl groups is 2. The predicted molar refractivity (Wildman–Crippen MR) is 396 cm³/mol. The number of methoxy groups -OCH3 is 6. The standard InChI is InChI=1S/C28H40N4O6.C16H22BrNO4.C8H10BrNO3.C7H7BrFNO2.C6H6BrNO2.C5H3BrFNO/c1-18(2)37-27(33)19-9-8-12-21(15-19)38-25-14-13-23(30-26(25)35-5)22-16-29-32(4)24(22)17-36-28(34)31(3)20-10-6-7-11-20;1-10(2)21-16(19)11-5-4-6-12(9-11)22-13-7-8-14(17)18-15(13)20-3;1-11-5-13-6-3-4-7(9)10-8(6)12-2;1-11-4-12-5-2-3-6(8)10-7(5)9;1-10-6-4(9)2-3-5(7)8-6;6-4-2-1-3(9)5(7)8-4/h13-14,16,18-21H,6-12,15,17H2,1-5H3;7-8,10-12H,4-6,9H2,1-3H3;3-4H,5H2,1-2H3;2-3H,4H2,1H3;2-3,9H,1H3;1-2,9H/t19-,21-;11?,12-;;;;/m00..../s1. The van der Waals surface area contributed by atoms with Crippen LogP contribution in [0.25, 0.3) is 11.3 Å². The lowest BCUT2D eigenvalue weighted by Gasteiger charge is -2.29. The maximum Gasteiger partial charge on any atom is 0.410 e. The zero-order valence-corrected chi connectivity index (χ0v) is 67.7. The van der Waals surface area contributed by atoms with E-state index in [1.165, 1.54) is 45.6 Å². The zero-order valence-electron chi connectivity index (χ0n) is 59.8. The molecule has 7 aromatic heterocycles. The van der Waals surface area contributed by atoms with Crippen molar-refractivity contribution in [3.63, 3.8) is 0 Å². The van der Waals surface area contributed by atoms with E-state index in [9.17, 15) is 23.2 Å². The number of hydrogen-bond acceptors (Lipinski definition) is 25. The van der Waals surface area contributed by atoms with Crippen molar-refractivity contribution >= 4 is 97.7 Å². The number of pyridine rings is 6. The minimum Gasteiger partial charge on any atom is -0.504 e. The second-order valence-corrected chi connectivity index (χ2v) is 27.6. The van der Waals surface area contributed by atoms with Crippen molar-refractivity contribution in [2.24, 2.45) is 18.9 Å². The van der Waals surface area contributed by atoms with E-state index in [4.69, 9.17) is 67.1 Å². The van der Waals surface area contributed by atoms with E-state index >= 15 is 0 Å². The van der Waals surface area contributed by atoms with Crippen LogP contribution in [0.15, 0.2) is 102 Å². The first kappa shape index (κ1) is 87.1. The van der Waals surface area contributed by atoms with Gasteiger partial charge in [-0.3, -0.25) is 14.3 Å². The van der Waals surface area contributed by atoms with E-state index in [2.05, 4.69) is 119 Å². The highest BCUT2D eigenvalue weighted by Gasteiger charge is 2.33. The molecule has 0 aliphatic heterocycles. The molecule has 7 aromatic rings. The molecule has 1 amide bonds. The van der Waals surface area contributed by atoms with Crippen molar-refractivity contribution in [1.29, 1.82) is 0 Å². The predicted octanol–water partition coefficient (Wildman–Crippen LogP) is 15.7. The molecule has 3 saturated carbocycles. The van der Waals surface area contributed by atoms with E-state index in [0.717, 1.165) is 75.5 Å². The van der Waals surface area contributed by atoms with Crippen molar-refractivity contribution in [1.82, 2.24) is 44.6 Å². The molecule has 4 atom stereocenters. The first-order valence-electron chi connectivity index (χ1n) is 32.8. The molecular weight excluding hydrogens is 1690 g/mol. The highest BCUT2D eigenvalue weighted by Crippen LogP contribution is 2.37. The summed E-state index contributed by atoms with van der Waals surface area (Å²) in [5.41, 5.74) is 2.13. The van der Waals surface area contributed by atoms with E-state index in [1.807, 2.05) is 59.0 Å².